The van der Waals surface area contributed by atoms with Crippen LogP contribution >= 0.6 is 0 Å². The van der Waals surface area contributed by atoms with E-state index in [1.807, 2.05) is 48.7 Å². The van der Waals surface area contributed by atoms with Crippen molar-refractivity contribution in [2.75, 3.05) is 6.61 Å². The van der Waals surface area contributed by atoms with Crippen molar-refractivity contribution < 1.29 is 4.74 Å². The number of aromatic nitrogens is 1. The minimum Gasteiger partial charge on any atom is -0.494 e. The van der Waals surface area contributed by atoms with Gasteiger partial charge in [-0.05, 0) is 43.2 Å². The van der Waals surface area contributed by atoms with Crippen LogP contribution in [-0.4, -0.2) is 11.2 Å². The first kappa shape index (κ1) is 14.4. The maximum absolute atomic E-state index is 11.8. The van der Waals surface area contributed by atoms with E-state index in [0.717, 1.165) is 29.6 Å². The lowest BCUT2D eigenvalue weighted by Crippen LogP contribution is -2.10. The Bertz CT molecular complexity index is 836. The highest BCUT2D eigenvalue weighted by Crippen LogP contribution is 2.13. The molecular weight excluding hydrogens is 274 g/mol. The van der Waals surface area contributed by atoms with Gasteiger partial charge in [0.25, 0.3) is 0 Å². The molecular formula is C19H19NO2. The fraction of sp³-hybridized carbons (Fsp3) is 0.211. The number of ether oxygens (including phenoxy) is 1. The molecule has 22 heavy (non-hydrogen) atoms. The van der Waals surface area contributed by atoms with Gasteiger partial charge in [0.05, 0.1) is 12.1 Å². The molecule has 0 fully saturated rings. The predicted octanol–water partition coefficient (Wildman–Crippen LogP) is 3.78. The van der Waals surface area contributed by atoms with Crippen LogP contribution in [0.4, 0.5) is 0 Å². The van der Waals surface area contributed by atoms with Gasteiger partial charge in [-0.3, -0.25) is 4.79 Å². The lowest BCUT2D eigenvalue weighted by Gasteiger charge is -2.11. The van der Waals surface area contributed by atoms with Gasteiger partial charge in [0.2, 0.25) is 0 Å². The van der Waals surface area contributed by atoms with E-state index >= 15 is 0 Å². The molecule has 112 valence electrons. The molecule has 0 unspecified atom stereocenters. The molecule has 1 aromatic heterocycles. The Labute approximate surface area is 129 Å². The summed E-state index contributed by atoms with van der Waals surface area (Å²) in [4.78, 5) is 11.8. The van der Waals surface area contributed by atoms with E-state index in [2.05, 4.69) is 17.6 Å². The molecule has 0 bridgehead atoms. The Balaban J connectivity index is 1.65. The lowest BCUT2D eigenvalue weighted by molar-refractivity contribution is 0.302. The van der Waals surface area contributed by atoms with E-state index in [9.17, 15) is 4.79 Å². The van der Waals surface area contributed by atoms with Crippen LogP contribution in [0.15, 0.2) is 65.6 Å². The third kappa shape index (κ3) is 3.19. The molecule has 0 atom stereocenters. The second-order valence-corrected chi connectivity index (χ2v) is 5.41. The summed E-state index contributed by atoms with van der Waals surface area (Å²) in [5.41, 5.74) is 2.25. The van der Waals surface area contributed by atoms with Crippen molar-refractivity contribution >= 4 is 10.9 Å². The zero-order valence-electron chi connectivity index (χ0n) is 12.7. The average Bonchev–Trinajstić information content (AvgIpc) is 2.54. The van der Waals surface area contributed by atoms with Crippen molar-refractivity contribution in [1.29, 1.82) is 0 Å². The van der Waals surface area contributed by atoms with Gasteiger partial charge in [-0.15, -0.1) is 0 Å². The zero-order valence-corrected chi connectivity index (χ0v) is 12.7. The van der Waals surface area contributed by atoms with Crippen molar-refractivity contribution in [2.45, 2.75) is 19.9 Å². The van der Waals surface area contributed by atoms with Crippen LogP contribution in [0.3, 0.4) is 0 Å². The first-order chi connectivity index (χ1) is 10.7. The number of pyridine rings is 1. The number of hydrogen-bond donors (Lipinski definition) is 0. The number of para-hydroxylation sites is 1. The molecule has 0 radical (unpaired) electrons. The SMILES string of the molecule is Cc1cccc(OCCCn2ccc(=O)c3ccccc32)c1. The van der Waals surface area contributed by atoms with Gasteiger partial charge in [-0.2, -0.15) is 0 Å². The summed E-state index contributed by atoms with van der Waals surface area (Å²) in [5.74, 6) is 0.907. The van der Waals surface area contributed by atoms with E-state index in [0.29, 0.717) is 6.61 Å². The summed E-state index contributed by atoms with van der Waals surface area (Å²) in [6, 6.07) is 17.4. The minimum atomic E-state index is 0.0721. The largest absolute Gasteiger partial charge is 0.494 e. The van der Waals surface area contributed by atoms with Crippen LogP contribution in [0.5, 0.6) is 5.75 Å². The predicted molar refractivity (Wildman–Crippen MR) is 89.5 cm³/mol. The molecule has 0 aliphatic carbocycles. The standard InChI is InChI=1S/C19H19NO2/c1-15-6-4-7-16(14-15)22-13-5-11-20-12-10-19(21)17-8-2-3-9-18(17)20/h2-4,6-10,12,14H,5,11,13H2,1H3. The van der Waals surface area contributed by atoms with Crippen molar-refractivity contribution in [3.05, 3.63) is 76.6 Å². The van der Waals surface area contributed by atoms with Crippen molar-refractivity contribution in [3.8, 4) is 5.75 Å². The van der Waals surface area contributed by atoms with Crippen molar-refractivity contribution in [2.24, 2.45) is 0 Å². The first-order valence-corrected chi connectivity index (χ1v) is 7.52. The second-order valence-electron chi connectivity index (χ2n) is 5.41. The highest BCUT2D eigenvalue weighted by atomic mass is 16.5. The minimum absolute atomic E-state index is 0.0721. The van der Waals surface area contributed by atoms with Crippen molar-refractivity contribution in [1.82, 2.24) is 4.57 Å². The lowest BCUT2D eigenvalue weighted by atomic mass is 10.2. The molecule has 3 nitrogen and oxygen atoms in total. The monoisotopic (exact) mass is 293 g/mol. The summed E-state index contributed by atoms with van der Waals surface area (Å²) in [6.45, 7) is 3.54. The third-order valence-electron chi connectivity index (χ3n) is 3.69. The molecule has 0 aliphatic heterocycles. The van der Waals surface area contributed by atoms with Gasteiger partial charge < -0.3 is 9.30 Å². The summed E-state index contributed by atoms with van der Waals surface area (Å²) in [7, 11) is 0. The smallest absolute Gasteiger partial charge is 0.189 e. The third-order valence-corrected chi connectivity index (χ3v) is 3.69. The first-order valence-electron chi connectivity index (χ1n) is 7.52. The number of aryl methyl sites for hydroxylation is 2. The Hall–Kier alpha value is -2.55. The maximum Gasteiger partial charge on any atom is 0.189 e. The molecule has 0 spiro atoms. The number of rotatable bonds is 5. The Kier molecular flexibility index (Phi) is 4.24. The maximum atomic E-state index is 11.8. The van der Waals surface area contributed by atoms with Gasteiger partial charge in [0.1, 0.15) is 5.75 Å². The summed E-state index contributed by atoms with van der Waals surface area (Å²) in [5, 5.41) is 0.768. The van der Waals surface area contributed by atoms with Crippen LogP contribution in [0.25, 0.3) is 10.9 Å². The normalized spacial score (nSPS) is 10.8. The molecule has 3 rings (SSSR count). The van der Waals surface area contributed by atoms with E-state index < -0.39 is 0 Å². The zero-order chi connectivity index (χ0) is 15.4. The van der Waals surface area contributed by atoms with Crippen LogP contribution in [0.1, 0.15) is 12.0 Å². The Morgan fingerprint density at radius 2 is 1.91 bits per heavy atom. The molecule has 3 heteroatoms. The van der Waals surface area contributed by atoms with Gasteiger partial charge in [-0.1, -0.05) is 24.3 Å². The van der Waals surface area contributed by atoms with E-state index in [-0.39, 0.29) is 5.43 Å². The molecule has 0 N–H and O–H groups in total. The summed E-state index contributed by atoms with van der Waals surface area (Å²) in [6.07, 6.45) is 2.75. The second kappa shape index (κ2) is 6.48. The van der Waals surface area contributed by atoms with Crippen LogP contribution in [-0.2, 0) is 6.54 Å². The Morgan fingerprint density at radius 1 is 1.05 bits per heavy atom. The molecule has 1 heterocycles. The number of nitrogens with zero attached hydrogens (tertiary/aromatic N) is 1. The van der Waals surface area contributed by atoms with Crippen molar-refractivity contribution in [3.63, 3.8) is 0 Å². The van der Waals surface area contributed by atoms with Gasteiger partial charge in [0, 0.05) is 24.2 Å². The molecule has 0 saturated heterocycles. The highest BCUT2D eigenvalue weighted by Gasteiger charge is 2.02. The quantitative estimate of drug-likeness (QED) is 0.670. The summed E-state index contributed by atoms with van der Waals surface area (Å²) >= 11 is 0. The number of hydrogen-bond acceptors (Lipinski definition) is 2. The molecule has 0 amide bonds. The average molecular weight is 293 g/mol. The van der Waals surface area contributed by atoms with E-state index in [1.54, 1.807) is 6.07 Å². The Morgan fingerprint density at radius 3 is 2.77 bits per heavy atom. The molecule has 3 aromatic rings. The molecule has 0 aliphatic rings. The molecule has 0 saturated carbocycles. The number of benzene rings is 2. The molecule has 2 aromatic carbocycles. The highest BCUT2D eigenvalue weighted by molar-refractivity contribution is 5.78. The van der Waals surface area contributed by atoms with Crippen LogP contribution < -0.4 is 10.2 Å². The van der Waals surface area contributed by atoms with E-state index in [1.165, 1.54) is 5.56 Å². The number of fused-ring (bicyclic) bond motifs is 1. The van der Waals surface area contributed by atoms with Crippen LogP contribution in [0.2, 0.25) is 0 Å². The van der Waals surface area contributed by atoms with Gasteiger partial charge in [0.15, 0.2) is 5.43 Å². The fourth-order valence-electron chi connectivity index (χ4n) is 2.59. The fourth-order valence-corrected chi connectivity index (χ4v) is 2.59. The van der Waals surface area contributed by atoms with Crippen LogP contribution in [0, 0.1) is 6.92 Å². The summed E-state index contributed by atoms with van der Waals surface area (Å²) < 4.78 is 7.88. The van der Waals surface area contributed by atoms with Gasteiger partial charge in [-0.25, -0.2) is 0 Å². The van der Waals surface area contributed by atoms with Gasteiger partial charge >= 0.3 is 0 Å². The van der Waals surface area contributed by atoms with E-state index in [4.69, 9.17) is 4.74 Å². The topological polar surface area (TPSA) is 31.2 Å².